The van der Waals surface area contributed by atoms with E-state index in [0.29, 0.717) is 6.10 Å². The molecule has 4 heteroatoms. The Morgan fingerprint density at radius 1 is 1.42 bits per heavy atom. The zero-order chi connectivity index (χ0) is 13.5. The van der Waals surface area contributed by atoms with Gasteiger partial charge in [0, 0.05) is 36.0 Å². The maximum atomic E-state index is 6.37. The summed E-state index contributed by atoms with van der Waals surface area (Å²) in [4.78, 5) is 0. The predicted molar refractivity (Wildman–Crippen MR) is 78.3 cm³/mol. The van der Waals surface area contributed by atoms with Crippen molar-refractivity contribution in [3.05, 3.63) is 28.2 Å². The third kappa shape index (κ3) is 2.54. The van der Waals surface area contributed by atoms with E-state index < -0.39 is 0 Å². The summed E-state index contributed by atoms with van der Waals surface area (Å²) in [7, 11) is 1.79. The molecular weight excluding hydrogens is 306 g/mol. The minimum absolute atomic E-state index is 0.0526. The summed E-state index contributed by atoms with van der Waals surface area (Å²) in [6.07, 6.45) is 5.50. The third-order valence-electron chi connectivity index (χ3n) is 4.38. The van der Waals surface area contributed by atoms with Crippen molar-refractivity contribution < 1.29 is 9.47 Å². The lowest BCUT2D eigenvalue weighted by molar-refractivity contribution is -0.0578. The Labute approximate surface area is 122 Å². The van der Waals surface area contributed by atoms with E-state index in [-0.39, 0.29) is 11.6 Å². The van der Waals surface area contributed by atoms with Gasteiger partial charge in [-0.05, 0) is 37.5 Å². The van der Waals surface area contributed by atoms with Gasteiger partial charge in [-0.25, -0.2) is 0 Å². The van der Waals surface area contributed by atoms with Crippen molar-refractivity contribution in [2.45, 2.75) is 49.9 Å². The van der Waals surface area contributed by atoms with Gasteiger partial charge in [0.25, 0.3) is 0 Å². The molecule has 2 aliphatic rings. The van der Waals surface area contributed by atoms with Crippen molar-refractivity contribution >= 4 is 15.9 Å². The molecular formula is C15H20BrNO2. The van der Waals surface area contributed by atoms with Crippen molar-refractivity contribution in [3.8, 4) is 5.75 Å². The second-order valence-corrected chi connectivity index (χ2v) is 6.65. The van der Waals surface area contributed by atoms with Gasteiger partial charge < -0.3 is 15.2 Å². The Morgan fingerprint density at radius 2 is 2.26 bits per heavy atom. The number of hydrogen-bond donors (Lipinski definition) is 1. The first-order chi connectivity index (χ1) is 9.12. The van der Waals surface area contributed by atoms with Gasteiger partial charge in [-0.1, -0.05) is 15.9 Å². The number of halogens is 1. The van der Waals surface area contributed by atoms with Crippen LogP contribution in [0.1, 0.15) is 43.7 Å². The van der Waals surface area contributed by atoms with Crippen molar-refractivity contribution in [3.63, 3.8) is 0 Å². The highest BCUT2D eigenvalue weighted by Gasteiger charge is 2.43. The molecule has 1 aliphatic heterocycles. The van der Waals surface area contributed by atoms with Gasteiger partial charge in [-0.2, -0.15) is 0 Å². The maximum Gasteiger partial charge on any atom is 0.124 e. The fraction of sp³-hybridized carbons (Fsp3) is 0.600. The van der Waals surface area contributed by atoms with E-state index in [1.807, 2.05) is 12.1 Å². The zero-order valence-corrected chi connectivity index (χ0v) is 12.8. The van der Waals surface area contributed by atoms with Crippen LogP contribution in [-0.4, -0.2) is 18.8 Å². The van der Waals surface area contributed by atoms with Crippen molar-refractivity contribution in [2.24, 2.45) is 5.73 Å². The van der Waals surface area contributed by atoms with Crippen LogP contribution in [0, 0.1) is 0 Å². The maximum absolute atomic E-state index is 6.37. The molecule has 1 aromatic rings. The minimum Gasteiger partial charge on any atom is -0.487 e. The molecule has 0 saturated heterocycles. The molecule has 2 N–H and O–H groups in total. The summed E-state index contributed by atoms with van der Waals surface area (Å²) < 4.78 is 12.9. The quantitative estimate of drug-likeness (QED) is 0.858. The summed E-state index contributed by atoms with van der Waals surface area (Å²) in [6.45, 7) is 0. The molecule has 104 valence electrons. The van der Waals surface area contributed by atoms with Crippen molar-refractivity contribution in [1.29, 1.82) is 0 Å². The van der Waals surface area contributed by atoms with Crippen LogP contribution in [0.3, 0.4) is 0 Å². The number of benzene rings is 1. The Bertz CT molecular complexity index is 479. The topological polar surface area (TPSA) is 44.5 Å². The smallest absolute Gasteiger partial charge is 0.124 e. The third-order valence-corrected chi connectivity index (χ3v) is 4.87. The summed E-state index contributed by atoms with van der Waals surface area (Å²) >= 11 is 3.50. The first-order valence-electron chi connectivity index (χ1n) is 6.89. The highest BCUT2D eigenvalue weighted by Crippen LogP contribution is 2.46. The van der Waals surface area contributed by atoms with Crippen LogP contribution < -0.4 is 10.5 Å². The highest BCUT2D eigenvalue weighted by atomic mass is 79.9. The van der Waals surface area contributed by atoms with Crippen LogP contribution in [0.15, 0.2) is 22.7 Å². The second kappa shape index (κ2) is 5.08. The van der Waals surface area contributed by atoms with Crippen LogP contribution in [0.2, 0.25) is 0 Å². The van der Waals surface area contributed by atoms with Crippen LogP contribution in [0.5, 0.6) is 5.75 Å². The van der Waals surface area contributed by atoms with E-state index in [9.17, 15) is 0 Å². The van der Waals surface area contributed by atoms with Gasteiger partial charge in [-0.3, -0.25) is 0 Å². The number of fused-ring (bicyclic) bond motifs is 1. The van der Waals surface area contributed by atoms with E-state index in [2.05, 4.69) is 22.0 Å². The Morgan fingerprint density at radius 3 is 3.05 bits per heavy atom. The zero-order valence-electron chi connectivity index (χ0n) is 11.2. The Balaban J connectivity index is 1.89. The van der Waals surface area contributed by atoms with E-state index >= 15 is 0 Å². The first-order valence-corrected chi connectivity index (χ1v) is 7.68. The molecule has 1 saturated carbocycles. The molecule has 1 heterocycles. The fourth-order valence-electron chi connectivity index (χ4n) is 3.44. The fourth-order valence-corrected chi connectivity index (χ4v) is 3.82. The number of ether oxygens (including phenoxy) is 2. The molecule has 1 aromatic carbocycles. The summed E-state index contributed by atoms with van der Waals surface area (Å²) in [5.41, 5.74) is 7.35. The summed E-state index contributed by atoms with van der Waals surface area (Å²) in [6, 6.07) is 6.17. The normalized spacial score (nSPS) is 33.8. The summed E-state index contributed by atoms with van der Waals surface area (Å²) in [5.74, 6) is 0.943. The molecule has 1 spiro atoms. The molecule has 0 bridgehead atoms. The average Bonchev–Trinajstić information content (AvgIpc) is 2.40. The van der Waals surface area contributed by atoms with E-state index in [1.54, 1.807) is 7.11 Å². The van der Waals surface area contributed by atoms with Gasteiger partial charge in [0.15, 0.2) is 0 Å². The number of rotatable bonds is 1. The molecule has 0 aromatic heterocycles. The largest absolute Gasteiger partial charge is 0.487 e. The molecule has 3 rings (SSSR count). The van der Waals surface area contributed by atoms with Crippen LogP contribution in [0.4, 0.5) is 0 Å². The van der Waals surface area contributed by atoms with Crippen molar-refractivity contribution in [1.82, 2.24) is 0 Å². The van der Waals surface area contributed by atoms with Crippen LogP contribution in [0.25, 0.3) is 0 Å². The predicted octanol–water partition coefficient (Wildman–Crippen LogP) is 3.56. The molecule has 0 radical (unpaired) electrons. The molecule has 1 aliphatic carbocycles. The highest BCUT2D eigenvalue weighted by molar-refractivity contribution is 9.10. The minimum atomic E-state index is -0.126. The lowest BCUT2D eigenvalue weighted by atomic mass is 9.76. The van der Waals surface area contributed by atoms with E-state index in [1.165, 1.54) is 0 Å². The number of nitrogens with two attached hydrogens (primary N) is 1. The van der Waals surface area contributed by atoms with E-state index in [0.717, 1.165) is 47.9 Å². The molecule has 3 atom stereocenters. The second-order valence-electron chi connectivity index (χ2n) is 5.73. The monoisotopic (exact) mass is 325 g/mol. The Hall–Kier alpha value is -0.580. The van der Waals surface area contributed by atoms with Crippen LogP contribution in [-0.2, 0) is 4.74 Å². The average molecular weight is 326 g/mol. The van der Waals surface area contributed by atoms with E-state index in [4.69, 9.17) is 15.2 Å². The number of methoxy groups -OCH3 is 1. The SMILES string of the molecule is COC1CCCC2(C1)C[C@@H](N)c1cc(Br)ccc1O2. The molecule has 19 heavy (non-hydrogen) atoms. The molecule has 2 unspecified atom stereocenters. The van der Waals surface area contributed by atoms with Crippen LogP contribution >= 0.6 is 15.9 Å². The standard InChI is InChI=1S/C15H20BrNO2/c1-18-11-3-2-6-15(8-11)9-13(17)12-7-10(16)4-5-14(12)19-15/h4-5,7,11,13H,2-3,6,8-9,17H2,1H3/t11?,13-,15?/m1/s1. The van der Waals surface area contributed by atoms with Gasteiger partial charge in [0.05, 0.1) is 6.10 Å². The first kappa shape index (κ1) is 13.4. The Kier molecular flexibility index (Phi) is 3.58. The molecule has 3 nitrogen and oxygen atoms in total. The van der Waals surface area contributed by atoms with Crippen molar-refractivity contribution in [2.75, 3.05) is 7.11 Å². The van der Waals surface area contributed by atoms with Gasteiger partial charge in [-0.15, -0.1) is 0 Å². The molecule has 1 fully saturated rings. The lowest BCUT2D eigenvalue weighted by Crippen LogP contribution is -2.48. The van der Waals surface area contributed by atoms with Gasteiger partial charge >= 0.3 is 0 Å². The number of hydrogen-bond acceptors (Lipinski definition) is 3. The van der Waals surface area contributed by atoms with Gasteiger partial charge in [0.1, 0.15) is 11.4 Å². The summed E-state index contributed by atoms with van der Waals surface area (Å²) in [5, 5.41) is 0. The van der Waals surface area contributed by atoms with Gasteiger partial charge in [0.2, 0.25) is 0 Å². The lowest BCUT2D eigenvalue weighted by Gasteiger charge is -2.45. The molecule has 0 amide bonds.